The number of imide groups is 1. The van der Waals surface area contributed by atoms with Gasteiger partial charge in [-0.3, -0.25) is 38.6 Å². The predicted octanol–water partition coefficient (Wildman–Crippen LogP) is 0.944. The van der Waals surface area contributed by atoms with Crippen molar-refractivity contribution in [3.8, 4) is 0 Å². The number of Topliss-reactive ketones (excluding diaryl/α,β-unsaturated/α-hetero) is 1. The van der Waals surface area contributed by atoms with Gasteiger partial charge in [0.25, 0.3) is 5.91 Å². The van der Waals surface area contributed by atoms with E-state index in [9.17, 15) is 33.6 Å². The van der Waals surface area contributed by atoms with E-state index in [1.165, 1.54) is 9.80 Å². The molecule has 0 unspecified atom stereocenters. The van der Waals surface area contributed by atoms with Crippen molar-refractivity contribution in [1.82, 2.24) is 36.0 Å². The number of ether oxygens (including phenoxy) is 1. The summed E-state index contributed by atoms with van der Waals surface area (Å²) in [5.41, 5.74) is -0.786. The number of piperazine rings is 1. The van der Waals surface area contributed by atoms with Gasteiger partial charge in [0.05, 0.1) is 31.3 Å². The molecule has 0 radical (unpaired) electrons. The van der Waals surface area contributed by atoms with Gasteiger partial charge in [-0.15, -0.1) is 0 Å². The molecule has 0 aromatic heterocycles. The number of hydrogen-bond donors (Lipinski definition) is 4. The first-order valence-corrected chi connectivity index (χ1v) is 19.1. The number of carbonyl (C=O) groups excluding carboxylic acids is 7. The Bertz CT molecular complexity index is 1410. The molecule has 7 atom stereocenters. The molecule has 290 valence electrons. The van der Waals surface area contributed by atoms with E-state index in [-0.39, 0.29) is 54.7 Å². The normalized spacial score (nSPS) is 31.2. The quantitative estimate of drug-likeness (QED) is 0.219. The second-order valence-corrected chi connectivity index (χ2v) is 17.3. The number of hydrogen-bond acceptors (Lipinski definition) is 9. The topological polar surface area (TPSA) is 187 Å². The second-order valence-electron chi connectivity index (χ2n) is 17.3. The number of likely N-dealkylation sites (N-methyl/N-ethyl adjacent to an activating group) is 1. The van der Waals surface area contributed by atoms with Crippen molar-refractivity contribution in [2.24, 2.45) is 22.7 Å². The summed E-state index contributed by atoms with van der Waals surface area (Å²) in [6.07, 6.45) is 5.13. The number of nitrogens with one attached hydrogen (secondary N) is 4. The monoisotopic (exact) mass is 729 g/mol. The highest BCUT2D eigenvalue weighted by molar-refractivity contribution is 6.38. The van der Waals surface area contributed by atoms with Crippen LogP contribution in [0.4, 0.5) is 4.79 Å². The lowest BCUT2D eigenvalue weighted by Gasteiger charge is -2.38. The Morgan fingerprint density at radius 3 is 2.21 bits per heavy atom. The van der Waals surface area contributed by atoms with Gasteiger partial charge in [-0.25, -0.2) is 4.79 Å². The molecule has 0 aromatic carbocycles. The van der Waals surface area contributed by atoms with E-state index in [4.69, 9.17) is 4.74 Å². The van der Waals surface area contributed by atoms with Crippen molar-refractivity contribution in [3.63, 3.8) is 0 Å². The molecule has 5 fully saturated rings. The third kappa shape index (κ3) is 9.12. The highest BCUT2D eigenvalue weighted by Gasteiger charge is 2.69. The summed E-state index contributed by atoms with van der Waals surface area (Å²) in [4.78, 5) is 98.5. The SMILES string of the molecule is C[C@@H]1OCCCCCCC[C@@H](C(=O)C(=O)NC2CC2)NC(=O)[C@@H]2[C@@H]3[C@H](CN2C(=O)[C@H]1NC(=O)N[C@H](CN1C(=O)CN(C)CC1=O)C(C)(C)C)C3(C)C. The predicted molar refractivity (Wildman–Crippen MR) is 190 cm³/mol. The minimum Gasteiger partial charge on any atom is -0.376 e. The van der Waals surface area contributed by atoms with Gasteiger partial charge in [0, 0.05) is 25.7 Å². The summed E-state index contributed by atoms with van der Waals surface area (Å²) in [6.45, 7) is 12.3. The molecule has 3 heterocycles. The number of amides is 7. The Morgan fingerprint density at radius 2 is 1.58 bits per heavy atom. The van der Waals surface area contributed by atoms with Gasteiger partial charge in [0.2, 0.25) is 29.4 Å². The fourth-order valence-electron chi connectivity index (χ4n) is 7.98. The van der Waals surface area contributed by atoms with Crippen LogP contribution in [-0.4, -0.2) is 132 Å². The van der Waals surface area contributed by atoms with Crippen LogP contribution >= 0.6 is 0 Å². The average molecular weight is 730 g/mol. The van der Waals surface area contributed by atoms with Gasteiger partial charge in [-0.1, -0.05) is 60.3 Å². The highest BCUT2D eigenvalue weighted by atomic mass is 16.5. The summed E-state index contributed by atoms with van der Waals surface area (Å²) >= 11 is 0. The molecule has 3 aliphatic heterocycles. The number of carbonyl (C=O) groups is 7. The number of piperidine rings is 1. The van der Waals surface area contributed by atoms with Crippen molar-refractivity contribution >= 4 is 41.4 Å². The van der Waals surface area contributed by atoms with Gasteiger partial charge < -0.3 is 30.9 Å². The lowest BCUT2D eigenvalue weighted by Crippen LogP contribution is -2.63. The van der Waals surface area contributed by atoms with E-state index in [2.05, 4.69) is 35.1 Å². The number of ketones is 1. The summed E-state index contributed by atoms with van der Waals surface area (Å²) in [7, 11) is 1.70. The first kappa shape index (κ1) is 39.6. The van der Waals surface area contributed by atoms with E-state index in [0.717, 1.165) is 38.5 Å². The second kappa shape index (κ2) is 15.8. The highest BCUT2D eigenvalue weighted by Crippen LogP contribution is 2.65. The Labute approximate surface area is 307 Å². The molecule has 2 saturated carbocycles. The summed E-state index contributed by atoms with van der Waals surface area (Å²) < 4.78 is 6.14. The van der Waals surface area contributed by atoms with Gasteiger partial charge in [-0.05, 0) is 62.3 Å². The van der Waals surface area contributed by atoms with Crippen molar-refractivity contribution in [2.75, 3.05) is 39.8 Å². The maximum Gasteiger partial charge on any atom is 0.315 e. The molecular weight excluding hydrogens is 670 g/mol. The fourth-order valence-corrected chi connectivity index (χ4v) is 7.98. The van der Waals surface area contributed by atoms with Crippen LogP contribution in [-0.2, 0) is 33.5 Å². The molecule has 15 nitrogen and oxygen atoms in total. The number of nitrogens with zero attached hydrogens (tertiary/aromatic N) is 3. The molecule has 15 heteroatoms. The van der Waals surface area contributed by atoms with Gasteiger partial charge >= 0.3 is 6.03 Å². The molecule has 5 aliphatic rings. The van der Waals surface area contributed by atoms with E-state index in [0.29, 0.717) is 26.0 Å². The average Bonchev–Trinajstić information content (AvgIpc) is 3.90. The number of urea groups is 1. The van der Waals surface area contributed by atoms with Gasteiger partial charge in [0.15, 0.2) is 0 Å². The lowest BCUT2D eigenvalue weighted by molar-refractivity contribution is -0.151. The molecule has 52 heavy (non-hydrogen) atoms. The first-order valence-electron chi connectivity index (χ1n) is 19.1. The minimum atomic E-state index is -1.17. The maximum absolute atomic E-state index is 14.5. The standard InChI is InChI=1S/C37H59N7O8/c1-21-29(41-35(51)40-25(36(2,3)4)18-43-26(45)19-42(7)20-27(43)46)34(50)44-17-23-28(37(23,5)6)30(44)32(48)39-24(13-11-9-8-10-12-16-52-21)31(47)33(49)38-22-14-15-22/h21-25,28-30H,8-20H2,1-7H3,(H,38,49)(H,39,48)(H2,40,41,51)/t21-,23-,24-,25+,28-,29-,30-/m0/s1. The molecule has 3 saturated heterocycles. The zero-order valence-electron chi connectivity index (χ0n) is 31.9. The van der Waals surface area contributed by atoms with Crippen LogP contribution in [0.15, 0.2) is 0 Å². The molecular formula is C37H59N7O8. The minimum absolute atomic E-state index is 0.00407. The number of fused-ring (bicyclic) bond motifs is 3. The first-order chi connectivity index (χ1) is 24.4. The largest absolute Gasteiger partial charge is 0.376 e. The number of rotatable bonds is 7. The van der Waals surface area contributed by atoms with Gasteiger partial charge in [-0.2, -0.15) is 0 Å². The van der Waals surface area contributed by atoms with Gasteiger partial charge in [0.1, 0.15) is 12.1 Å². The lowest BCUT2D eigenvalue weighted by atomic mass is 9.86. The fraction of sp³-hybridized carbons (Fsp3) is 0.811. The van der Waals surface area contributed by atoms with Crippen molar-refractivity contribution < 1.29 is 38.3 Å². The van der Waals surface area contributed by atoms with Crippen LogP contribution < -0.4 is 21.3 Å². The Kier molecular flexibility index (Phi) is 12.0. The smallest absolute Gasteiger partial charge is 0.315 e. The Hall–Kier alpha value is -3.59. The Balaban J connectivity index is 1.36. The van der Waals surface area contributed by atoms with Crippen molar-refractivity contribution in [3.05, 3.63) is 0 Å². The van der Waals surface area contributed by atoms with Crippen LogP contribution in [0.3, 0.4) is 0 Å². The third-order valence-electron chi connectivity index (χ3n) is 11.7. The van der Waals surface area contributed by atoms with Crippen LogP contribution in [0.25, 0.3) is 0 Å². The van der Waals surface area contributed by atoms with Crippen LogP contribution in [0.2, 0.25) is 0 Å². The van der Waals surface area contributed by atoms with E-state index in [1.54, 1.807) is 18.9 Å². The molecule has 2 aliphatic carbocycles. The summed E-state index contributed by atoms with van der Waals surface area (Å²) in [6, 6.07) is -4.40. The van der Waals surface area contributed by atoms with Crippen LogP contribution in [0, 0.1) is 22.7 Å². The Morgan fingerprint density at radius 1 is 0.942 bits per heavy atom. The molecule has 7 amide bonds. The zero-order chi connectivity index (χ0) is 38.1. The zero-order valence-corrected chi connectivity index (χ0v) is 31.9. The molecule has 5 rings (SSSR count). The summed E-state index contributed by atoms with van der Waals surface area (Å²) in [5.74, 6) is -3.16. The van der Waals surface area contributed by atoms with Crippen LogP contribution in [0.1, 0.15) is 92.9 Å². The van der Waals surface area contributed by atoms with Crippen LogP contribution in [0.5, 0.6) is 0 Å². The molecule has 4 N–H and O–H groups in total. The van der Waals surface area contributed by atoms with E-state index < -0.39 is 65.2 Å². The molecule has 0 bridgehead atoms. The molecule has 0 spiro atoms. The van der Waals surface area contributed by atoms with Crippen molar-refractivity contribution in [1.29, 1.82) is 0 Å². The summed E-state index contributed by atoms with van der Waals surface area (Å²) in [5, 5.41) is 11.4. The van der Waals surface area contributed by atoms with E-state index in [1.807, 2.05) is 20.8 Å². The maximum atomic E-state index is 14.5. The van der Waals surface area contributed by atoms with E-state index >= 15 is 0 Å². The van der Waals surface area contributed by atoms with Crippen molar-refractivity contribution in [2.45, 2.75) is 129 Å². The molecule has 0 aromatic rings. The third-order valence-corrected chi connectivity index (χ3v) is 11.7.